The van der Waals surface area contributed by atoms with E-state index in [-0.39, 0.29) is 0 Å². The van der Waals surface area contributed by atoms with Crippen LogP contribution in [0.25, 0.3) is 0 Å². The first kappa shape index (κ1) is 6.39. The predicted molar refractivity (Wildman–Crippen MR) is 36.4 cm³/mol. The van der Waals surface area contributed by atoms with Crippen molar-refractivity contribution >= 4 is 16.9 Å². The van der Waals surface area contributed by atoms with Crippen molar-refractivity contribution in [2.45, 2.75) is 0 Å². The maximum atomic E-state index is 8.11. The van der Waals surface area contributed by atoms with Crippen molar-refractivity contribution in [3.05, 3.63) is 0 Å². The second-order valence-corrected chi connectivity index (χ2v) is 2.60. The Morgan fingerprint density at radius 2 is 2.67 bits per heavy atom. The molecule has 1 rings (SSSR count). The second kappa shape index (κ2) is 2.71. The fourth-order valence-electron chi connectivity index (χ4n) is 0.553. The number of nitrogens with two attached hydrogens (primary N) is 1. The molecule has 0 amide bonds. The van der Waals surface area contributed by atoms with E-state index in [1.165, 1.54) is 16.8 Å². The van der Waals surface area contributed by atoms with Crippen LogP contribution in [0.3, 0.4) is 0 Å². The van der Waals surface area contributed by atoms with Gasteiger partial charge in [-0.25, -0.2) is 5.84 Å². The normalized spacial score (nSPS) is 22.7. The Bertz CT molecular complexity index is 170. The molecule has 1 fully saturated rings. The van der Waals surface area contributed by atoms with Crippen molar-refractivity contribution in [1.82, 2.24) is 5.01 Å². The quantitative estimate of drug-likeness (QED) is 0.374. The van der Waals surface area contributed by atoms with E-state index in [1.54, 1.807) is 6.19 Å². The highest BCUT2D eigenvalue weighted by Crippen LogP contribution is 2.13. The van der Waals surface area contributed by atoms with Gasteiger partial charge in [0.15, 0.2) is 5.17 Å². The van der Waals surface area contributed by atoms with Gasteiger partial charge < -0.3 is 0 Å². The standard InChI is InChI=1S/C4H6N4S/c5-3-7-4-8(6)1-2-9-4/h1-2,6H2. The maximum Gasteiger partial charge on any atom is 0.208 e. The fraction of sp³-hybridized carbons (Fsp3) is 0.500. The summed E-state index contributed by atoms with van der Waals surface area (Å²) >= 11 is 1.50. The molecule has 1 saturated heterocycles. The number of thioether (sulfide) groups is 1. The summed E-state index contributed by atoms with van der Waals surface area (Å²) in [5.41, 5.74) is 0. The van der Waals surface area contributed by atoms with Crippen molar-refractivity contribution in [1.29, 1.82) is 5.26 Å². The lowest BCUT2D eigenvalue weighted by atomic mass is 10.7. The third-order valence-electron chi connectivity index (χ3n) is 0.955. The summed E-state index contributed by atoms with van der Waals surface area (Å²) in [6.07, 6.45) is 1.69. The predicted octanol–water partition coefficient (Wildman–Crippen LogP) is -0.254. The van der Waals surface area contributed by atoms with Gasteiger partial charge in [0.2, 0.25) is 6.19 Å². The zero-order valence-electron chi connectivity index (χ0n) is 4.74. The van der Waals surface area contributed by atoms with Gasteiger partial charge in [-0.15, -0.1) is 4.99 Å². The number of nitriles is 1. The Hall–Kier alpha value is -0.730. The van der Waals surface area contributed by atoms with Crippen molar-refractivity contribution in [2.75, 3.05) is 12.3 Å². The van der Waals surface area contributed by atoms with Crippen LogP contribution in [-0.4, -0.2) is 22.5 Å². The minimum absolute atomic E-state index is 0.623. The lowest BCUT2D eigenvalue weighted by Crippen LogP contribution is -2.31. The van der Waals surface area contributed by atoms with Crippen molar-refractivity contribution in [3.8, 4) is 6.19 Å². The maximum absolute atomic E-state index is 8.11. The number of hydrogen-bond donors (Lipinski definition) is 1. The van der Waals surface area contributed by atoms with E-state index in [0.717, 1.165) is 12.3 Å². The first-order valence-electron chi connectivity index (χ1n) is 2.46. The molecular weight excluding hydrogens is 136 g/mol. The van der Waals surface area contributed by atoms with Gasteiger partial charge in [0, 0.05) is 12.3 Å². The number of rotatable bonds is 0. The van der Waals surface area contributed by atoms with Gasteiger partial charge in [-0.2, -0.15) is 5.26 Å². The summed E-state index contributed by atoms with van der Waals surface area (Å²) in [4.78, 5) is 3.49. The lowest BCUT2D eigenvalue weighted by molar-refractivity contribution is 0.490. The summed E-state index contributed by atoms with van der Waals surface area (Å²) in [5.74, 6) is 6.32. The second-order valence-electron chi connectivity index (χ2n) is 1.54. The average Bonchev–Trinajstić information content (AvgIpc) is 2.18. The van der Waals surface area contributed by atoms with Crippen LogP contribution >= 0.6 is 11.8 Å². The Kier molecular flexibility index (Phi) is 1.92. The molecule has 48 valence electrons. The summed E-state index contributed by atoms with van der Waals surface area (Å²) in [6, 6.07) is 0. The van der Waals surface area contributed by atoms with Crippen LogP contribution in [0.15, 0.2) is 4.99 Å². The van der Waals surface area contributed by atoms with Crippen LogP contribution in [0, 0.1) is 11.5 Å². The van der Waals surface area contributed by atoms with Crippen molar-refractivity contribution in [2.24, 2.45) is 10.8 Å². The highest BCUT2D eigenvalue weighted by Gasteiger charge is 2.14. The third-order valence-corrected chi connectivity index (χ3v) is 1.93. The monoisotopic (exact) mass is 142 g/mol. The molecule has 0 spiro atoms. The zero-order valence-corrected chi connectivity index (χ0v) is 5.56. The highest BCUT2D eigenvalue weighted by atomic mass is 32.2. The van der Waals surface area contributed by atoms with E-state index < -0.39 is 0 Å². The summed E-state index contributed by atoms with van der Waals surface area (Å²) in [5, 5.41) is 10.2. The molecule has 0 aliphatic carbocycles. The molecule has 4 nitrogen and oxygen atoms in total. The molecule has 0 saturated carbocycles. The lowest BCUT2D eigenvalue weighted by Gasteiger charge is -2.05. The minimum Gasteiger partial charge on any atom is -0.288 e. The van der Waals surface area contributed by atoms with Gasteiger partial charge >= 0.3 is 0 Å². The Morgan fingerprint density at radius 1 is 1.89 bits per heavy atom. The third kappa shape index (κ3) is 1.34. The SMILES string of the molecule is N#CN=C1SCCN1N. The van der Waals surface area contributed by atoms with Crippen LogP contribution in [0.5, 0.6) is 0 Å². The first-order valence-corrected chi connectivity index (χ1v) is 3.45. The van der Waals surface area contributed by atoms with Crippen LogP contribution in [0.2, 0.25) is 0 Å². The van der Waals surface area contributed by atoms with E-state index in [9.17, 15) is 0 Å². The summed E-state index contributed by atoms with van der Waals surface area (Å²) < 4.78 is 0. The molecule has 0 aromatic rings. The van der Waals surface area contributed by atoms with Crippen molar-refractivity contribution in [3.63, 3.8) is 0 Å². The molecule has 2 N–H and O–H groups in total. The Labute approximate surface area is 57.3 Å². The molecule has 0 aromatic carbocycles. The molecule has 0 bridgehead atoms. The van der Waals surface area contributed by atoms with Gasteiger partial charge in [0.05, 0.1) is 0 Å². The van der Waals surface area contributed by atoms with E-state index >= 15 is 0 Å². The van der Waals surface area contributed by atoms with Crippen LogP contribution in [-0.2, 0) is 0 Å². The van der Waals surface area contributed by atoms with E-state index in [0.29, 0.717) is 5.17 Å². The van der Waals surface area contributed by atoms with Crippen LogP contribution in [0.1, 0.15) is 0 Å². The smallest absolute Gasteiger partial charge is 0.208 e. The van der Waals surface area contributed by atoms with Crippen molar-refractivity contribution < 1.29 is 0 Å². The van der Waals surface area contributed by atoms with Gasteiger partial charge in [-0.1, -0.05) is 11.8 Å². The van der Waals surface area contributed by atoms with Gasteiger partial charge in [-0.05, 0) is 0 Å². The number of aliphatic imine (C=N–C) groups is 1. The molecule has 5 heteroatoms. The van der Waals surface area contributed by atoms with Crippen LogP contribution < -0.4 is 5.84 Å². The molecule has 1 aliphatic heterocycles. The number of hydrogen-bond acceptors (Lipinski definition) is 4. The first-order chi connectivity index (χ1) is 4.34. The molecular formula is C4H6N4S. The van der Waals surface area contributed by atoms with Gasteiger partial charge in [0.25, 0.3) is 0 Å². The average molecular weight is 142 g/mol. The van der Waals surface area contributed by atoms with Gasteiger partial charge in [-0.3, -0.25) is 5.01 Å². The Balaban J connectivity index is 2.62. The molecule has 0 unspecified atom stereocenters. The largest absolute Gasteiger partial charge is 0.288 e. The number of nitrogens with zero attached hydrogens (tertiary/aromatic N) is 3. The fourth-order valence-corrected chi connectivity index (χ4v) is 1.39. The highest BCUT2D eigenvalue weighted by molar-refractivity contribution is 8.14. The van der Waals surface area contributed by atoms with Crippen LogP contribution in [0.4, 0.5) is 0 Å². The number of hydrazine groups is 1. The Morgan fingerprint density at radius 3 is 3.11 bits per heavy atom. The topological polar surface area (TPSA) is 65.4 Å². The summed E-state index contributed by atoms with van der Waals surface area (Å²) in [6.45, 7) is 0.783. The minimum atomic E-state index is 0.623. The molecule has 0 radical (unpaired) electrons. The molecule has 0 aromatic heterocycles. The number of amidine groups is 1. The van der Waals surface area contributed by atoms with Gasteiger partial charge in [0.1, 0.15) is 0 Å². The molecule has 0 atom stereocenters. The van der Waals surface area contributed by atoms with E-state index in [2.05, 4.69) is 4.99 Å². The van der Waals surface area contributed by atoms with E-state index in [4.69, 9.17) is 11.1 Å². The summed E-state index contributed by atoms with van der Waals surface area (Å²) in [7, 11) is 0. The molecule has 9 heavy (non-hydrogen) atoms. The zero-order chi connectivity index (χ0) is 6.69. The molecule has 1 aliphatic rings. The molecule has 1 heterocycles. The van der Waals surface area contributed by atoms with E-state index in [1.807, 2.05) is 0 Å².